The predicted octanol–water partition coefficient (Wildman–Crippen LogP) is 3.59. The highest BCUT2D eigenvalue weighted by Crippen LogP contribution is 2.41. The lowest BCUT2D eigenvalue weighted by Crippen LogP contribution is -2.46. The maximum absolute atomic E-state index is 14.5. The fourth-order valence-electron chi connectivity index (χ4n) is 3.09. The van der Waals surface area contributed by atoms with Gasteiger partial charge in [-0.3, -0.25) is 4.79 Å². The van der Waals surface area contributed by atoms with Crippen LogP contribution in [0.4, 0.5) is 22.0 Å². The number of oxazole rings is 1. The number of hydrogen-bond acceptors (Lipinski definition) is 6. The molecule has 0 amide bonds. The highest BCUT2D eigenvalue weighted by Gasteiger charge is 2.50. The van der Waals surface area contributed by atoms with E-state index in [-0.39, 0.29) is 23.6 Å². The van der Waals surface area contributed by atoms with E-state index in [0.717, 1.165) is 12.3 Å². The van der Waals surface area contributed by atoms with E-state index in [2.05, 4.69) is 14.7 Å². The van der Waals surface area contributed by atoms with E-state index in [9.17, 15) is 26.7 Å². The number of aliphatic imine (C=N–C) groups is 1. The van der Waals surface area contributed by atoms with Crippen molar-refractivity contribution >= 4 is 11.8 Å². The van der Waals surface area contributed by atoms with Gasteiger partial charge < -0.3 is 14.9 Å². The summed E-state index contributed by atoms with van der Waals surface area (Å²) in [6, 6.07) is 2.88. The van der Waals surface area contributed by atoms with Gasteiger partial charge in [-0.15, -0.1) is 0 Å². The summed E-state index contributed by atoms with van der Waals surface area (Å²) in [5.41, 5.74) is 3.78. The maximum Gasteiger partial charge on any atom is 0.425 e. The van der Waals surface area contributed by atoms with Gasteiger partial charge in [0.2, 0.25) is 5.89 Å². The fourth-order valence-corrected chi connectivity index (χ4v) is 3.09. The van der Waals surface area contributed by atoms with Crippen molar-refractivity contribution in [1.82, 2.24) is 4.98 Å². The summed E-state index contributed by atoms with van der Waals surface area (Å²) in [6.45, 7) is 0.324. The molecule has 29 heavy (non-hydrogen) atoms. The number of alkyl halides is 4. The van der Waals surface area contributed by atoms with Gasteiger partial charge in [0.25, 0.3) is 6.02 Å². The number of nitrogens with two attached hydrogens (primary N) is 1. The van der Waals surface area contributed by atoms with Crippen molar-refractivity contribution in [2.24, 2.45) is 10.7 Å². The molecule has 2 heterocycles. The van der Waals surface area contributed by atoms with Crippen LogP contribution in [0.3, 0.4) is 0 Å². The van der Waals surface area contributed by atoms with Gasteiger partial charge in [0.1, 0.15) is 17.8 Å². The zero-order valence-corrected chi connectivity index (χ0v) is 15.1. The number of amidine groups is 1. The molecule has 3 rings (SSSR count). The van der Waals surface area contributed by atoms with Crippen LogP contribution in [0.25, 0.3) is 0 Å². The number of nitrogens with zero attached hydrogens (tertiary/aromatic N) is 2. The molecule has 1 aromatic heterocycles. The first-order valence-corrected chi connectivity index (χ1v) is 8.43. The number of carbonyl (C=O) groups excluding carboxylic acids is 1. The lowest BCUT2D eigenvalue weighted by Gasteiger charge is -2.36. The molecule has 0 fully saturated rings. The Morgan fingerprint density at radius 2 is 2.10 bits per heavy atom. The van der Waals surface area contributed by atoms with Gasteiger partial charge >= 0.3 is 6.18 Å². The van der Waals surface area contributed by atoms with Gasteiger partial charge in [0.15, 0.2) is 18.6 Å². The third-order valence-electron chi connectivity index (χ3n) is 4.50. The van der Waals surface area contributed by atoms with Gasteiger partial charge in [-0.25, -0.2) is 18.8 Å². The first-order valence-electron chi connectivity index (χ1n) is 8.43. The number of halogens is 5. The van der Waals surface area contributed by atoms with Crippen molar-refractivity contribution in [2.45, 2.75) is 44.3 Å². The molecule has 0 spiro atoms. The first-order chi connectivity index (χ1) is 13.5. The largest absolute Gasteiger partial charge is 0.452 e. The predicted molar refractivity (Wildman–Crippen MR) is 90.3 cm³/mol. The summed E-state index contributed by atoms with van der Waals surface area (Å²) < 4.78 is 75.7. The molecule has 1 aliphatic rings. The van der Waals surface area contributed by atoms with Crippen molar-refractivity contribution in [2.75, 3.05) is 0 Å². The molecule has 0 bridgehead atoms. The molecule has 6 nitrogen and oxygen atoms in total. The van der Waals surface area contributed by atoms with E-state index in [1.54, 1.807) is 0 Å². The Hall–Kier alpha value is -2.98. The Morgan fingerprint density at radius 3 is 2.72 bits per heavy atom. The van der Waals surface area contributed by atoms with Crippen LogP contribution < -0.4 is 5.73 Å². The van der Waals surface area contributed by atoms with Crippen molar-refractivity contribution in [3.8, 4) is 0 Å². The molecule has 2 atom stereocenters. The Morgan fingerprint density at radius 1 is 1.38 bits per heavy atom. The molecule has 0 aliphatic carbocycles. The van der Waals surface area contributed by atoms with Crippen molar-refractivity contribution in [1.29, 1.82) is 0 Å². The fraction of sp³-hybridized carbons (Fsp3) is 0.389. The summed E-state index contributed by atoms with van der Waals surface area (Å²) in [5, 5.41) is 0. The van der Waals surface area contributed by atoms with Gasteiger partial charge in [0.05, 0.1) is 5.54 Å². The van der Waals surface area contributed by atoms with Gasteiger partial charge in [0, 0.05) is 18.4 Å². The number of rotatable bonds is 5. The molecule has 0 saturated carbocycles. The van der Waals surface area contributed by atoms with Crippen molar-refractivity contribution < 1.29 is 35.9 Å². The minimum atomic E-state index is -4.72. The molecule has 156 valence electrons. The Kier molecular flexibility index (Phi) is 5.33. The Balaban J connectivity index is 1.90. The summed E-state index contributed by atoms with van der Waals surface area (Å²) in [5.74, 6) is -1.59. The highest BCUT2D eigenvalue weighted by atomic mass is 19.4. The average molecular weight is 417 g/mol. The van der Waals surface area contributed by atoms with Gasteiger partial charge in [-0.05, 0) is 24.6 Å². The number of aromatic nitrogens is 1. The third kappa shape index (κ3) is 4.38. The van der Waals surface area contributed by atoms with Crippen LogP contribution in [0.1, 0.15) is 40.9 Å². The standard InChI is InChI=1S/C18H16F5N3O3/c1-17(6-14(18(21,22)23)29-16(24)26-17)10-4-9(2-3-11(10)20)5-13(27)12-8-28-15(7-19)25-12/h2-4,8,14H,5-7H2,1H3,(H2,24,26)/t14-,17-/m0/s1. The molecule has 1 aromatic carbocycles. The number of benzene rings is 1. The minimum absolute atomic E-state index is 0.111. The number of ketones is 1. The minimum Gasteiger partial charge on any atom is -0.452 e. The second-order valence-electron chi connectivity index (χ2n) is 6.75. The zero-order chi connectivity index (χ0) is 21.4. The van der Waals surface area contributed by atoms with Crippen LogP contribution in [0.15, 0.2) is 33.9 Å². The van der Waals surface area contributed by atoms with E-state index >= 15 is 0 Å². The Labute approximate surface area is 161 Å². The second kappa shape index (κ2) is 7.45. The van der Waals surface area contributed by atoms with Gasteiger partial charge in [-0.1, -0.05) is 6.07 Å². The first kappa shape index (κ1) is 20.7. The van der Waals surface area contributed by atoms with Gasteiger partial charge in [-0.2, -0.15) is 13.2 Å². The Bertz CT molecular complexity index is 956. The second-order valence-corrected chi connectivity index (χ2v) is 6.75. The highest BCUT2D eigenvalue weighted by molar-refractivity contribution is 5.95. The summed E-state index contributed by atoms with van der Waals surface area (Å²) in [4.78, 5) is 19.8. The molecule has 1 aliphatic heterocycles. The molecular formula is C18H16F5N3O3. The number of ether oxygens (including phenoxy) is 1. The molecule has 0 radical (unpaired) electrons. The van der Waals surface area contributed by atoms with Crippen LogP contribution >= 0.6 is 0 Å². The normalized spacial score (nSPS) is 22.1. The molecule has 2 N–H and O–H groups in total. The van der Waals surface area contributed by atoms with E-state index in [1.807, 2.05) is 0 Å². The van der Waals surface area contributed by atoms with Crippen LogP contribution in [0.5, 0.6) is 0 Å². The number of carbonyl (C=O) groups is 1. The maximum atomic E-state index is 14.5. The number of Topliss-reactive ketones (excluding diaryl/α,β-unsaturated/α-hetero) is 1. The lowest BCUT2D eigenvalue weighted by molar-refractivity contribution is -0.208. The van der Waals surface area contributed by atoms with Crippen LogP contribution in [0.2, 0.25) is 0 Å². The molecule has 11 heteroatoms. The molecular weight excluding hydrogens is 401 g/mol. The quantitative estimate of drug-likeness (QED) is 0.593. The monoisotopic (exact) mass is 417 g/mol. The molecule has 0 saturated heterocycles. The summed E-state index contributed by atoms with van der Waals surface area (Å²) in [6.07, 6.45) is -6.90. The molecule has 2 aromatic rings. The average Bonchev–Trinajstić information content (AvgIpc) is 3.11. The summed E-state index contributed by atoms with van der Waals surface area (Å²) >= 11 is 0. The number of hydrogen-bond donors (Lipinski definition) is 1. The summed E-state index contributed by atoms with van der Waals surface area (Å²) in [7, 11) is 0. The third-order valence-corrected chi connectivity index (χ3v) is 4.50. The molecule has 0 unspecified atom stereocenters. The SMILES string of the molecule is C[C@@]1(c2cc(CC(=O)c3coc(CF)n3)ccc2F)C[C@@H](C(F)(F)F)OC(N)=N1. The van der Waals surface area contributed by atoms with Crippen LogP contribution in [-0.4, -0.2) is 29.1 Å². The van der Waals surface area contributed by atoms with E-state index in [4.69, 9.17) is 10.2 Å². The topological polar surface area (TPSA) is 90.7 Å². The lowest BCUT2D eigenvalue weighted by atomic mass is 9.84. The zero-order valence-electron chi connectivity index (χ0n) is 15.1. The van der Waals surface area contributed by atoms with Crippen molar-refractivity contribution in [3.05, 3.63) is 53.0 Å². The van der Waals surface area contributed by atoms with E-state index in [1.165, 1.54) is 19.1 Å². The van der Waals surface area contributed by atoms with Crippen LogP contribution in [-0.2, 0) is 23.4 Å². The van der Waals surface area contributed by atoms with Crippen molar-refractivity contribution in [3.63, 3.8) is 0 Å². The van der Waals surface area contributed by atoms with E-state index < -0.39 is 48.5 Å². The van der Waals surface area contributed by atoms with E-state index in [0.29, 0.717) is 5.56 Å². The smallest absolute Gasteiger partial charge is 0.425 e. The van der Waals surface area contributed by atoms with Crippen LogP contribution in [0, 0.1) is 5.82 Å².